The Morgan fingerprint density at radius 3 is 2.32 bits per heavy atom. The van der Waals surface area contributed by atoms with Gasteiger partial charge in [-0.15, -0.1) is 0 Å². The Hall–Kier alpha value is -1.60. The van der Waals surface area contributed by atoms with Crippen molar-refractivity contribution >= 4 is 15.9 Å². The lowest BCUT2D eigenvalue weighted by Gasteiger charge is -2.35. The van der Waals surface area contributed by atoms with E-state index < -0.39 is 10.0 Å². The van der Waals surface area contributed by atoms with Crippen molar-refractivity contribution in [1.29, 1.82) is 0 Å². The number of amides is 1. The lowest BCUT2D eigenvalue weighted by molar-refractivity contribution is -0.132. The zero-order valence-electron chi connectivity index (χ0n) is 14.5. The summed E-state index contributed by atoms with van der Waals surface area (Å²) in [7, 11) is -3.19. The molecule has 1 aromatic carbocycles. The van der Waals surface area contributed by atoms with E-state index in [1.807, 2.05) is 30.3 Å². The number of para-hydroxylation sites is 1. The number of carbonyl (C=O) groups excluding carboxylic acids is 1. The molecule has 2 fully saturated rings. The summed E-state index contributed by atoms with van der Waals surface area (Å²) in [6.45, 7) is 2.09. The number of hydrogen-bond acceptors (Lipinski definition) is 4. The molecule has 0 atom stereocenters. The molecule has 7 heteroatoms. The number of rotatable bonds is 6. The van der Waals surface area contributed by atoms with Gasteiger partial charge >= 0.3 is 0 Å². The fraction of sp³-hybridized carbons (Fsp3) is 0.611. The van der Waals surface area contributed by atoms with Gasteiger partial charge in [-0.1, -0.05) is 31.0 Å². The predicted molar refractivity (Wildman–Crippen MR) is 95.9 cm³/mol. The van der Waals surface area contributed by atoms with Crippen LogP contribution < -0.4 is 4.74 Å². The smallest absolute Gasteiger partial charge is 0.226 e. The van der Waals surface area contributed by atoms with Crippen LogP contribution in [0.15, 0.2) is 30.3 Å². The molecule has 1 saturated heterocycles. The SMILES string of the molecule is O=C(CCOc1ccccc1)N1CCN(S(=O)(=O)C2CCCC2)CC1. The number of benzene rings is 1. The Kier molecular flexibility index (Phi) is 5.96. The molecular weight excluding hydrogens is 340 g/mol. The Labute approximate surface area is 149 Å². The normalized spacial score (nSPS) is 19.9. The molecule has 1 saturated carbocycles. The van der Waals surface area contributed by atoms with Crippen LogP contribution in [0.2, 0.25) is 0 Å². The van der Waals surface area contributed by atoms with Gasteiger partial charge in [0.25, 0.3) is 0 Å². The van der Waals surface area contributed by atoms with Gasteiger partial charge in [-0.2, -0.15) is 4.31 Å². The molecule has 3 rings (SSSR count). The summed E-state index contributed by atoms with van der Waals surface area (Å²) in [6, 6.07) is 9.41. The summed E-state index contributed by atoms with van der Waals surface area (Å²) >= 11 is 0. The summed E-state index contributed by atoms with van der Waals surface area (Å²) in [4.78, 5) is 14.0. The van der Waals surface area contributed by atoms with Crippen LogP contribution in [0.1, 0.15) is 32.1 Å². The molecule has 0 N–H and O–H groups in total. The average Bonchev–Trinajstić information content (AvgIpc) is 3.18. The van der Waals surface area contributed by atoms with Crippen molar-refractivity contribution in [2.75, 3.05) is 32.8 Å². The van der Waals surface area contributed by atoms with Crippen molar-refractivity contribution in [3.63, 3.8) is 0 Å². The second-order valence-corrected chi connectivity index (χ2v) is 8.86. The van der Waals surface area contributed by atoms with Crippen molar-refractivity contribution in [3.05, 3.63) is 30.3 Å². The minimum Gasteiger partial charge on any atom is -0.493 e. The van der Waals surface area contributed by atoms with Gasteiger partial charge in [0.1, 0.15) is 5.75 Å². The highest BCUT2D eigenvalue weighted by Gasteiger charge is 2.36. The van der Waals surface area contributed by atoms with E-state index in [4.69, 9.17) is 4.74 Å². The Morgan fingerprint density at radius 1 is 1.04 bits per heavy atom. The lowest BCUT2D eigenvalue weighted by Crippen LogP contribution is -2.52. The zero-order valence-corrected chi connectivity index (χ0v) is 15.3. The van der Waals surface area contributed by atoms with Crippen molar-refractivity contribution in [3.8, 4) is 5.75 Å². The van der Waals surface area contributed by atoms with Gasteiger partial charge in [0.2, 0.25) is 15.9 Å². The second kappa shape index (κ2) is 8.19. The van der Waals surface area contributed by atoms with E-state index in [0.717, 1.165) is 31.4 Å². The number of piperazine rings is 1. The molecule has 1 aliphatic carbocycles. The zero-order chi connectivity index (χ0) is 17.7. The number of hydrogen-bond donors (Lipinski definition) is 0. The third-order valence-corrected chi connectivity index (χ3v) is 7.40. The maximum absolute atomic E-state index is 12.6. The van der Waals surface area contributed by atoms with Crippen molar-refractivity contribution in [2.24, 2.45) is 0 Å². The summed E-state index contributed by atoms with van der Waals surface area (Å²) in [5, 5.41) is -0.214. The molecule has 0 aromatic heterocycles. The van der Waals surface area contributed by atoms with Crippen molar-refractivity contribution < 1.29 is 17.9 Å². The molecule has 6 nitrogen and oxygen atoms in total. The Bertz CT molecular complexity index is 664. The maximum Gasteiger partial charge on any atom is 0.226 e. The van der Waals surface area contributed by atoms with Gasteiger partial charge in [-0.05, 0) is 25.0 Å². The fourth-order valence-electron chi connectivity index (χ4n) is 3.52. The average molecular weight is 366 g/mol. The van der Waals surface area contributed by atoms with E-state index in [2.05, 4.69) is 0 Å². The molecule has 1 aliphatic heterocycles. The van der Waals surface area contributed by atoms with Crippen LogP contribution in [0.3, 0.4) is 0 Å². The van der Waals surface area contributed by atoms with Crippen molar-refractivity contribution in [1.82, 2.24) is 9.21 Å². The molecule has 1 amide bonds. The third kappa shape index (κ3) is 4.52. The van der Waals surface area contributed by atoms with E-state index in [0.29, 0.717) is 39.2 Å². The summed E-state index contributed by atoms with van der Waals surface area (Å²) in [6.07, 6.45) is 3.87. The lowest BCUT2D eigenvalue weighted by atomic mass is 10.3. The third-order valence-electron chi connectivity index (χ3n) is 5.00. The van der Waals surface area contributed by atoms with Gasteiger partial charge in [0, 0.05) is 26.2 Å². The first-order valence-corrected chi connectivity index (χ1v) is 10.5. The monoisotopic (exact) mass is 366 g/mol. The molecule has 0 radical (unpaired) electrons. The number of carbonyl (C=O) groups is 1. The van der Waals surface area contributed by atoms with Gasteiger partial charge in [-0.3, -0.25) is 4.79 Å². The van der Waals surface area contributed by atoms with Crippen molar-refractivity contribution in [2.45, 2.75) is 37.4 Å². The van der Waals surface area contributed by atoms with Gasteiger partial charge in [-0.25, -0.2) is 8.42 Å². The summed E-state index contributed by atoms with van der Waals surface area (Å²) < 4.78 is 32.3. The quantitative estimate of drug-likeness (QED) is 0.771. The first kappa shape index (κ1) is 18.2. The van der Waals surface area contributed by atoms with E-state index in [9.17, 15) is 13.2 Å². The minimum absolute atomic E-state index is 0.0221. The first-order chi connectivity index (χ1) is 12.1. The van der Waals surface area contributed by atoms with E-state index in [-0.39, 0.29) is 11.2 Å². The van der Waals surface area contributed by atoms with Crippen LogP contribution in [-0.4, -0.2) is 61.6 Å². The highest BCUT2D eigenvalue weighted by atomic mass is 32.2. The molecule has 25 heavy (non-hydrogen) atoms. The summed E-state index contributed by atoms with van der Waals surface area (Å²) in [5.41, 5.74) is 0. The molecule has 0 bridgehead atoms. The highest BCUT2D eigenvalue weighted by molar-refractivity contribution is 7.89. The highest BCUT2D eigenvalue weighted by Crippen LogP contribution is 2.27. The van der Waals surface area contributed by atoms with Crippen LogP contribution in [0.4, 0.5) is 0 Å². The van der Waals surface area contributed by atoms with Crippen LogP contribution >= 0.6 is 0 Å². The number of nitrogens with zero attached hydrogens (tertiary/aromatic N) is 2. The maximum atomic E-state index is 12.6. The van der Waals surface area contributed by atoms with Gasteiger partial charge in [0.05, 0.1) is 18.3 Å². The molecule has 138 valence electrons. The summed E-state index contributed by atoms with van der Waals surface area (Å²) in [5.74, 6) is 0.775. The largest absolute Gasteiger partial charge is 0.493 e. The predicted octanol–water partition coefficient (Wildman–Crippen LogP) is 1.87. The second-order valence-electron chi connectivity index (χ2n) is 6.64. The molecule has 0 unspecified atom stereocenters. The number of sulfonamides is 1. The Balaban J connectivity index is 1.43. The topological polar surface area (TPSA) is 66.9 Å². The molecule has 2 aliphatic rings. The van der Waals surface area contributed by atoms with Gasteiger partial charge < -0.3 is 9.64 Å². The van der Waals surface area contributed by atoms with E-state index in [1.165, 1.54) is 0 Å². The van der Waals surface area contributed by atoms with Crippen LogP contribution in [0.25, 0.3) is 0 Å². The molecule has 1 heterocycles. The van der Waals surface area contributed by atoms with Crippen LogP contribution in [-0.2, 0) is 14.8 Å². The van der Waals surface area contributed by atoms with E-state index in [1.54, 1.807) is 9.21 Å². The van der Waals surface area contributed by atoms with Crippen LogP contribution in [0, 0.1) is 0 Å². The van der Waals surface area contributed by atoms with E-state index >= 15 is 0 Å². The molecule has 0 spiro atoms. The minimum atomic E-state index is -3.19. The number of ether oxygens (including phenoxy) is 1. The molecular formula is C18H26N2O4S. The standard InChI is InChI=1S/C18H26N2O4S/c21-18(10-15-24-16-6-2-1-3-7-16)19-11-13-20(14-12-19)25(22,23)17-8-4-5-9-17/h1-3,6-7,17H,4-5,8-15H2. The van der Waals surface area contributed by atoms with Crippen LogP contribution in [0.5, 0.6) is 5.75 Å². The Morgan fingerprint density at radius 2 is 1.68 bits per heavy atom. The fourth-order valence-corrected chi connectivity index (χ4v) is 5.54. The first-order valence-electron chi connectivity index (χ1n) is 9.02. The molecule has 1 aromatic rings. The van der Waals surface area contributed by atoms with Gasteiger partial charge in [0.15, 0.2) is 0 Å².